The van der Waals surface area contributed by atoms with Crippen molar-refractivity contribution in [1.29, 1.82) is 0 Å². The summed E-state index contributed by atoms with van der Waals surface area (Å²) in [4.78, 5) is 16.8. The number of anilines is 2. The van der Waals surface area contributed by atoms with Gasteiger partial charge in [0.25, 0.3) is 15.9 Å². The van der Waals surface area contributed by atoms with E-state index in [0.29, 0.717) is 11.3 Å². The second-order valence-corrected chi connectivity index (χ2v) is 9.39. The number of hydrogen-bond donors (Lipinski definition) is 2. The van der Waals surface area contributed by atoms with Crippen molar-refractivity contribution in [3.8, 4) is 5.88 Å². The number of nitrogens with one attached hydrogen (secondary N) is 2. The van der Waals surface area contributed by atoms with Crippen molar-refractivity contribution in [2.75, 3.05) is 17.1 Å². The van der Waals surface area contributed by atoms with Crippen molar-refractivity contribution >= 4 is 27.3 Å². The topological polar surface area (TPSA) is 115 Å². The van der Waals surface area contributed by atoms with Crippen LogP contribution in [0.1, 0.15) is 40.0 Å². The summed E-state index contributed by atoms with van der Waals surface area (Å²) in [6.07, 6.45) is 5.73. The van der Waals surface area contributed by atoms with Crippen LogP contribution in [0.3, 0.4) is 0 Å². The Kier molecular flexibility index (Phi) is 5.88. The molecule has 2 aromatic heterocycles. The molecule has 0 saturated carbocycles. The van der Waals surface area contributed by atoms with E-state index in [-0.39, 0.29) is 22.4 Å². The van der Waals surface area contributed by atoms with Crippen molar-refractivity contribution in [3.05, 3.63) is 59.0 Å². The van der Waals surface area contributed by atoms with Crippen molar-refractivity contribution in [1.82, 2.24) is 14.8 Å². The van der Waals surface area contributed by atoms with Gasteiger partial charge in [0.05, 0.1) is 42.1 Å². The number of nitrogens with zero attached hydrogens (tertiary/aromatic N) is 3. The summed E-state index contributed by atoms with van der Waals surface area (Å²) in [6, 6.07) is 6.85. The molecule has 0 atom stereocenters. The molecule has 3 heterocycles. The van der Waals surface area contributed by atoms with E-state index in [9.17, 15) is 13.2 Å². The Morgan fingerprint density at radius 3 is 2.62 bits per heavy atom. The highest BCUT2D eigenvalue weighted by Gasteiger charge is 2.25. The molecule has 4 rings (SSSR count). The predicted octanol–water partition coefficient (Wildman–Crippen LogP) is 3.29. The number of ether oxygens (including phenoxy) is 1. The maximum Gasteiger partial charge on any atom is 0.267 e. The maximum absolute atomic E-state index is 13.2. The molecule has 168 valence electrons. The average Bonchev–Trinajstić information content (AvgIpc) is 3.21. The minimum atomic E-state index is -4.03. The van der Waals surface area contributed by atoms with Crippen LogP contribution in [0.2, 0.25) is 0 Å². The van der Waals surface area contributed by atoms with Crippen molar-refractivity contribution in [2.24, 2.45) is 0 Å². The molecule has 0 fully saturated rings. The summed E-state index contributed by atoms with van der Waals surface area (Å²) in [5.41, 5.74) is 3.69. The lowest BCUT2D eigenvalue weighted by Crippen LogP contribution is -2.19. The molecule has 9 nitrogen and oxygen atoms in total. The third-order valence-electron chi connectivity index (χ3n) is 5.50. The highest BCUT2D eigenvalue weighted by atomic mass is 32.2. The Labute approximate surface area is 186 Å². The van der Waals surface area contributed by atoms with Gasteiger partial charge >= 0.3 is 0 Å². The van der Waals surface area contributed by atoms with Crippen molar-refractivity contribution in [3.63, 3.8) is 0 Å². The molecule has 32 heavy (non-hydrogen) atoms. The number of fused-ring (bicyclic) bond motifs is 1. The van der Waals surface area contributed by atoms with Crippen LogP contribution in [0.15, 0.2) is 41.6 Å². The van der Waals surface area contributed by atoms with Gasteiger partial charge in [-0.05, 0) is 50.3 Å². The Morgan fingerprint density at radius 2 is 1.91 bits per heavy atom. The predicted molar refractivity (Wildman–Crippen MR) is 121 cm³/mol. The summed E-state index contributed by atoms with van der Waals surface area (Å²) < 4.78 is 36.0. The van der Waals surface area contributed by atoms with E-state index in [2.05, 4.69) is 20.1 Å². The van der Waals surface area contributed by atoms with E-state index in [1.807, 2.05) is 36.7 Å². The number of pyridine rings is 1. The zero-order valence-corrected chi connectivity index (χ0v) is 19.0. The molecule has 1 aromatic carbocycles. The average molecular weight is 456 g/mol. The summed E-state index contributed by atoms with van der Waals surface area (Å²) >= 11 is 0. The van der Waals surface area contributed by atoms with Crippen LogP contribution >= 0.6 is 0 Å². The van der Waals surface area contributed by atoms with Gasteiger partial charge < -0.3 is 10.1 Å². The monoisotopic (exact) mass is 455 g/mol. The molecule has 1 aliphatic rings. The van der Waals surface area contributed by atoms with Crippen LogP contribution in [-0.2, 0) is 23.0 Å². The van der Waals surface area contributed by atoms with Crippen LogP contribution < -0.4 is 14.8 Å². The molecule has 10 heteroatoms. The van der Waals surface area contributed by atoms with E-state index >= 15 is 0 Å². The van der Waals surface area contributed by atoms with Crippen LogP contribution in [0, 0.1) is 13.8 Å². The molecule has 0 spiro atoms. The van der Waals surface area contributed by atoms with Crippen LogP contribution in [0.4, 0.5) is 11.4 Å². The summed E-state index contributed by atoms with van der Waals surface area (Å²) in [5.74, 6) is -0.421. The van der Waals surface area contributed by atoms with Gasteiger partial charge in [0.15, 0.2) is 4.90 Å². The molecule has 0 radical (unpaired) electrons. The Bertz CT molecular complexity index is 1260. The van der Waals surface area contributed by atoms with E-state index in [0.717, 1.165) is 42.6 Å². The zero-order valence-electron chi connectivity index (χ0n) is 18.2. The van der Waals surface area contributed by atoms with Gasteiger partial charge in [0.2, 0.25) is 5.88 Å². The van der Waals surface area contributed by atoms with E-state index < -0.39 is 10.0 Å². The first-order chi connectivity index (χ1) is 15.3. The Morgan fingerprint density at radius 1 is 1.16 bits per heavy atom. The van der Waals surface area contributed by atoms with Crippen LogP contribution in [0.5, 0.6) is 5.88 Å². The first-order valence-electron chi connectivity index (χ1n) is 10.3. The van der Waals surface area contributed by atoms with Gasteiger partial charge in [-0.3, -0.25) is 14.2 Å². The molecular formula is C22H25N5O4S. The Hall–Kier alpha value is -3.40. The minimum absolute atomic E-state index is 0.0651. The molecule has 2 N–H and O–H groups in total. The number of carbonyl (C=O) groups is 1. The SMILES string of the molecule is COc1ncc(NC(=O)c2cnn3c2CCCC3)cc1S(=O)(=O)Nc1c(C)cccc1C. The second kappa shape index (κ2) is 8.62. The number of rotatable bonds is 6. The first-order valence-corrected chi connectivity index (χ1v) is 11.8. The number of carbonyl (C=O) groups excluding carboxylic acids is 1. The normalized spacial score (nSPS) is 13.3. The van der Waals surface area contributed by atoms with Gasteiger partial charge in [-0.1, -0.05) is 18.2 Å². The standard InChI is InChI=1S/C22H25N5O4S/c1-14-7-6-8-15(2)20(14)26-32(29,30)19-11-16(12-23-22(19)31-3)25-21(28)17-13-24-27-10-5-4-9-18(17)27/h6-8,11-13,26H,4-5,9-10H2,1-3H3,(H,25,28). The number of benzene rings is 1. The fraction of sp³-hybridized carbons (Fsp3) is 0.318. The quantitative estimate of drug-likeness (QED) is 0.589. The molecule has 0 saturated heterocycles. The highest BCUT2D eigenvalue weighted by molar-refractivity contribution is 7.92. The number of hydrogen-bond acceptors (Lipinski definition) is 6. The molecule has 3 aromatic rings. The number of para-hydroxylation sites is 1. The lowest BCUT2D eigenvalue weighted by atomic mass is 10.1. The lowest BCUT2D eigenvalue weighted by Gasteiger charge is -2.16. The van der Waals surface area contributed by atoms with E-state index in [1.54, 1.807) is 6.20 Å². The summed E-state index contributed by atoms with van der Waals surface area (Å²) in [5, 5.41) is 7.02. The third-order valence-corrected chi connectivity index (χ3v) is 6.85. The van der Waals surface area contributed by atoms with Gasteiger partial charge in [-0.15, -0.1) is 0 Å². The number of sulfonamides is 1. The summed E-state index contributed by atoms with van der Waals surface area (Å²) in [7, 11) is -2.69. The van der Waals surface area contributed by atoms with Crippen LogP contribution in [0.25, 0.3) is 0 Å². The Balaban J connectivity index is 1.64. The minimum Gasteiger partial charge on any atom is -0.480 e. The highest BCUT2D eigenvalue weighted by Crippen LogP contribution is 2.29. The fourth-order valence-electron chi connectivity index (χ4n) is 3.82. The molecule has 0 unspecified atom stereocenters. The molecule has 1 aliphatic heterocycles. The number of amides is 1. The third kappa shape index (κ3) is 4.18. The molecule has 0 bridgehead atoms. The first kappa shape index (κ1) is 21.8. The van der Waals surface area contributed by atoms with Gasteiger partial charge in [0.1, 0.15) is 0 Å². The molecule has 0 aliphatic carbocycles. The number of aryl methyl sites for hydroxylation is 3. The van der Waals surface area contributed by atoms with E-state index in [1.165, 1.54) is 19.4 Å². The van der Waals surface area contributed by atoms with Crippen molar-refractivity contribution in [2.45, 2.75) is 44.6 Å². The number of methoxy groups -OCH3 is 1. The van der Waals surface area contributed by atoms with Crippen LogP contribution in [-0.4, -0.2) is 36.2 Å². The second-order valence-electron chi connectivity index (χ2n) is 7.74. The molecular weight excluding hydrogens is 430 g/mol. The zero-order chi connectivity index (χ0) is 22.9. The fourth-order valence-corrected chi connectivity index (χ4v) is 5.17. The van der Waals surface area contributed by atoms with Gasteiger partial charge in [-0.2, -0.15) is 5.10 Å². The van der Waals surface area contributed by atoms with Crippen molar-refractivity contribution < 1.29 is 17.9 Å². The van der Waals surface area contributed by atoms with Gasteiger partial charge in [-0.25, -0.2) is 13.4 Å². The smallest absolute Gasteiger partial charge is 0.267 e. The van der Waals surface area contributed by atoms with E-state index in [4.69, 9.17) is 4.74 Å². The summed E-state index contributed by atoms with van der Waals surface area (Å²) in [6.45, 7) is 4.44. The van der Waals surface area contributed by atoms with Gasteiger partial charge in [0, 0.05) is 6.54 Å². The maximum atomic E-state index is 13.2. The lowest BCUT2D eigenvalue weighted by molar-refractivity contribution is 0.102. The number of aromatic nitrogens is 3. The largest absolute Gasteiger partial charge is 0.480 e. The molecule has 1 amide bonds.